The summed E-state index contributed by atoms with van der Waals surface area (Å²) in [5, 5.41) is 2.84. The van der Waals surface area contributed by atoms with Crippen LogP contribution in [0.1, 0.15) is 27.9 Å². The lowest BCUT2D eigenvalue weighted by atomic mass is 10.0. The predicted molar refractivity (Wildman–Crippen MR) is 75.6 cm³/mol. The van der Waals surface area contributed by atoms with Crippen molar-refractivity contribution >= 4 is 25.6 Å². The number of nitrogens with one attached hydrogen (secondary N) is 1. The number of carbonyl (C=O) groups excluding carboxylic acids is 1. The summed E-state index contributed by atoms with van der Waals surface area (Å²) in [5.41, 5.74) is 1.78. The highest BCUT2D eigenvalue weighted by Gasteiger charge is 2.22. The first-order chi connectivity index (χ1) is 9.29. The molecule has 110 valence electrons. The molecule has 1 unspecified atom stereocenters. The van der Waals surface area contributed by atoms with Crippen LogP contribution in [0.2, 0.25) is 0 Å². The summed E-state index contributed by atoms with van der Waals surface area (Å²) in [4.78, 5) is 12.2. The van der Waals surface area contributed by atoms with E-state index in [0.717, 1.165) is 12.0 Å². The Bertz CT molecular complexity index is 636. The first-order valence-electron chi connectivity index (χ1n) is 6.23. The molecular weight excluding hydrogens is 302 g/mol. The molecule has 0 radical (unpaired) electrons. The SMILES string of the molecule is Cc1cc(S(=O)(=O)Cl)cc(C(=O)NC2CCOC2)c1C. The van der Waals surface area contributed by atoms with Crippen molar-refractivity contribution in [3.63, 3.8) is 0 Å². The summed E-state index contributed by atoms with van der Waals surface area (Å²) in [6.07, 6.45) is 0.761. The topological polar surface area (TPSA) is 72.5 Å². The van der Waals surface area contributed by atoms with Gasteiger partial charge in [-0.25, -0.2) is 8.42 Å². The number of hydrogen-bond acceptors (Lipinski definition) is 4. The minimum absolute atomic E-state index is 0.0292. The summed E-state index contributed by atoms with van der Waals surface area (Å²) in [6.45, 7) is 4.63. The molecule has 0 bridgehead atoms. The molecule has 1 heterocycles. The third-order valence-electron chi connectivity index (χ3n) is 3.43. The average molecular weight is 318 g/mol. The lowest BCUT2D eigenvalue weighted by Gasteiger charge is -2.14. The van der Waals surface area contributed by atoms with Crippen molar-refractivity contribution in [1.29, 1.82) is 0 Å². The molecule has 7 heteroatoms. The zero-order valence-electron chi connectivity index (χ0n) is 11.3. The minimum Gasteiger partial charge on any atom is -0.379 e. The van der Waals surface area contributed by atoms with Gasteiger partial charge < -0.3 is 10.1 Å². The maximum absolute atomic E-state index is 12.2. The van der Waals surface area contributed by atoms with E-state index in [1.165, 1.54) is 12.1 Å². The van der Waals surface area contributed by atoms with Crippen LogP contribution in [0, 0.1) is 13.8 Å². The molecule has 0 aromatic heterocycles. The van der Waals surface area contributed by atoms with Crippen molar-refractivity contribution in [1.82, 2.24) is 5.32 Å². The fourth-order valence-corrected chi connectivity index (χ4v) is 2.96. The van der Waals surface area contributed by atoms with Gasteiger partial charge in [0, 0.05) is 22.9 Å². The van der Waals surface area contributed by atoms with Crippen LogP contribution in [0.15, 0.2) is 17.0 Å². The minimum atomic E-state index is -3.86. The van der Waals surface area contributed by atoms with Gasteiger partial charge in [0.15, 0.2) is 0 Å². The van der Waals surface area contributed by atoms with Crippen LogP contribution in [0.4, 0.5) is 0 Å². The molecule has 1 fully saturated rings. The summed E-state index contributed by atoms with van der Waals surface area (Å²) >= 11 is 0. The maximum atomic E-state index is 12.2. The Morgan fingerprint density at radius 3 is 2.65 bits per heavy atom. The van der Waals surface area contributed by atoms with E-state index in [9.17, 15) is 13.2 Å². The van der Waals surface area contributed by atoms with Gasteiger partial charge in [-0.1, -0.05) is 0 Å². The van der Waals surface area contributed by atoms with Gasteiger partial charge in [0.2, 0.25) is 0 Å². The van der Waals surface area contributed by atoms with Crippen molar-refractivity contribution in [2.75, 3.05) is 13.2 Å². The van der Waals surface area contributed by atoms with Gasteiger partial charge in [-0.3, -0.25) is 4.79 Å². The number of hydrogen-bond donors (Lipinski definition) is 1. The average Bonchev–Trinajstić information content (AvgIpc) is 2.83. The van der Waals surface area contributed by atoms with Crippen molar-refractivity contribution in [2.24, 2.45) is 0 Å². The van der Waals surface area contributed by atoms with Gasteiger partial charge in [-0.05, 0) is 43.5 Å². The number of carbonyl (C=O) groups is 1. The Morgan fingerprint density at radius 2 is 2.10 bits per heavy atom. The Balaban J connectivity index is 2.34. The van der Waals surface area contributed by atoms with E-state index >= 15 is 0 Å². The second-order valence-corrected chi connectivity index (χ2v) is 7.45. The molecule has 1 N–H and O–H groups in total. The molecule has 1 aliphatic rings. The highest BCUT2D eigenvalue weighted by Crippen LogP contribution is 2.23. The Kier molecular flexibility index (Phi) is 4.36. The van der Waals surface area contributed by atoms with Crippen LogP contribution in [0.3, 0.4) is 0 Å². The normalized spacial score (nSPS) is 19.1. The summed E-state index contributed by atoms with van der Waals surface area (Å²) in [7, 11) is 1.49. The maximum Gasteiger partial charge on any atom is 0.261 e. The predicted octanol–water partition coefficient (Wildman–Crippen LogP) is 1.75. The van der Waals surface area contributed by atoms with Crippen LogP contribution >= 0.6 is 10.7 Å². The van der Waals surface area contributed by atoms with Crippen LogP contribution < -0.4 is 5.32 Å². The molecule has 20 heavy (non-hydrogen) atoms. The number of halogens is 1. The van der Waals surface area contributed by atoms with Crippen LogP contribution in [-0.2, 0) is 13.8 Å². The van der Waals surface area contributed by atoms with Gasteiger partial charge in [0.05, 0.1) is 17.5 Å². The van der Waals surface area contributed by atoms with Gasteiger partial charge >= 0.3 is 0 Å². The number of benzene rings is 1. The standard InChI is InChI=1S/C13H16ClNO4S/c1-8-5-11(20(14,17)18)6-12(9(8)2)13(16)15-10-3-4-19-7-10/h5-6,10H,3-4,7H2,1-2H3,(H,15,16). The molecule has 1 amide bonds. The molecule has 1 atom stereocenters. The summed E-state index contributed by atoms with van der Waals surface area (Å²) < 4.78 is 28.1. The Labute approximate surface area is 122 Å². The monoisotopic (exact) mass is 317 g/mol. The molecule has 1 saturated heterocycles. The van der Waals surface area contributed by atoms with E-state index < -0.39 is 9.05 Å². The summed E-state index contributed by atoms with van der Waals surface area (Å²) in [6, 6.07) is 2.75. The third kappa shape index (κ3) is 3.31. The van der Waals surface area contributed by atoms with Crippen molar-refractivity contribution in [3.05, 3.63) is 28.8 Å². The van der Waals surface area contributed by atoms with E-state index in [4.69, 9.17) is 15.4 Å². The van der Waals surface area contributed by atoms with Crippen LogP contribution in [0.5, 0.6) is 0 Å². The fourth-order valence-electron chi connectivity index (χ4n) is 2.11. The molecule has 0 aliphatic carbocycles. The molecule has 0 saturated carbocycles. The molecule has 2 rings (SSSR count). The van der Waals surface area contributed by atoms with Crippen molar-refractivity contribution in [2.45, 2.75) is 31.2 Å². The van der Waals surface area contributed by atoms with Gasteiger partial charge in [-0.15, -0.1) is 0 Å². The second-order valence-electron chi connectivity index (χ2n) is 4.88. The van der Waals surface area contributed by atoms with Crippen molar-refractivity contribution < 1.29 is 17.9 Å². The van der Waals surface area contributed by atoms with E-state index in [2.05, 4.69) is 5.32 Å². The van der Waals surface area contributed by atoms with Gasteiger partial charge in [0.1, 0.15) is 0 Å². The van der Waals surface area contributed by atoms with Gasteiger partial charge in [-0.2, -0.15) is 0 Å². The fraction of sp³-hybridized carbons (Fsp3) is 0.462. The Morgan fingerprint density at radius 1 is 1.40 bits per heavy atom. The second kappa shape index (κ2) is 5.71. The quantitative estimate of drug-likeness (QED) is 0.862. The first kappa shape index (κ1) is 15.3. The number of rotatable bonds is 3. The zero-order chi connectivity index (χ0) is 14.9. The third-order valence-corrected chi connectivity index (χ3v) is 4.77. The lowest BCUT2D eigenvalue weighted by molar-refractivity contribution is 0.0929. The van der Waals surface area contributed by atoms with Crippen molar-refractivity contribution in [3.8, 4) is 0 Å². The molecule has 1 aromatic rings. The largest absolute Gasteiger partial charge is 0.379 e. The molecule has 0 spiro atoms. The van der Waals surface area contributed by atoms with Crippen LogP contribution in [0.25, 0.3) is 0 Å². The Hall–Kier alpha value is -1.11. The van der Waals surface area contributed by atoms with Crippen LogP contribution in [-0.4, -0.2) is 33.6 Å². The van der Waals surface area contributed by atoms with E-state index in [1.807, 2.05) is 0 Å². The van der Waals surface area contributed by atoms with E-state index in [-0.39, 0.29) is 16.8 Å². The molecule has 5 nitrogen and oxygen atoms in total. The molecule has 1 aliphatic heterocycles. The molecular formula is C13H16ClNO4S. The van der Waals surface area contributed by atoms with E-state index in [1.54, 1.807) is 13.8 Å². The summed E-state index contributed by atoms with van der Waals surface area (Å²) in [5.74, 6) is -0.303. The highest BCUT2D eigenvalue weighted by atomic mass is 35.7. The number of aryl methyl sites for hydroxylation is 1. The smallest absolute Gasteiger partial charge is 0.261 e. The lowest BCUT2D eigenvalue weighted by Crippen LogP contribution is -2.35. The highest BCUT2D eigenvalue weighted by molar-refractivity contribution is 8.13. The van der Waals surface area contributed by atoms with E-state index in [0.29, 0.717) is 24.3 Å². The zero-order valence-corrected chi connectivity index (χ0v) is 12.8. The first-order valence-corrected chi connectivity index (χ1v) is 8.54. The molecule has 1 aromatic carbocycles. The number of amides is 1. The number of ether oxygens (including phenoxy) is 1. The van der Waals surface area contributed by atoms with Gasteiger partial charge in [0.25, 0.3) is 15.0 Å².